The predicted molar refractivity (Wildman–Crippen MR) is 102 cm³/mol. The molecule has 1 amide bonds. The standard InChI is InChI=1S/C20H24N2O4/c1-13-6-9-16(20(3,4)5)18(10-13)26-12-19(23)21-15-8-7-14(2)17(11-15)22(24)25/h6-11H,12H2,1-5H3,(H,21,23). The Morgan fingerprint density at radius 1 is 1.15 bits per heavy atom. The Hall–Kier alpha value is -2.89. The molecule has 0 saturated heterocycles. The van der Waals surface area contributed by atoms with Crippen LogP contribution in [0.2, 0.25) is 0 Å². The number of hydrogen-bond acceptors (Lipinski definition) is 4. The molecule has 0 aliphatic rings. The molecule has 0 saturated carbocycles. The van der Waals surface area contributed by atoms with E-state index in [-0.39, 0.29) is 23.6 Å². The van der Waals surface area contributed by atoms with Crippen LogP contribution < -0.4 is 10.1 Å². The van der Waals surface area contributed by atoms with E-state index in [2.05, 4.69) is 26.1 Å². The van der Waals surface area contributed by atoms with Gasteiger partial charge in [0.05, 0.1) is 4.92 Å². The van der Waals surface area contributed by atoms with Crippen molar-refractivity contribution in [1.82, 2.24) is 0 Å². The second-order valence-electron chi connectivity index (χ2n) is 7.34. The van der Waals surface area contributed by atoms with Crippen molar-refractivity contribution in [2.24, 2.45) is 0 Å². The maximum atomic E-state index is 12.2. The third kappa shape index (κ3) is 4.81. The smallest absolute Gasteiger partial charge is 0.274 e. The summed E-state index contributed by atoms with van der Waals surface area (Å²) in [5, 5.41) is 13.6. The Kier molecular flexibility index (Phi) is 5.65. The Morgan fingerprint density at radius 3 is 2.46 bits per heavy atom. The van der Waals surface area contributed by atoms with E-state index in [0.717, 1.165) is 11.1 Å². The molecule has 2 aromatic carbocycles. The van der Waals surface area contributed by atoms with E-state index < -0.39 is 4.92 Å². The molecular formula is C20H24N2O4. The number of nitro benzene ring substituents is 1. The molecule has 0 unspecified atom stereocenters. The number of anilines is 1. The molecule has 0 aliphatic heterocycles. The molecule has 0 aromatic heterocycles. The highest BCUT2D eigenvalue weighted by molar-refractivity contribution is 5.92. The quantitative estimate of drug-likeness (QED) is 0.630. The van der Waals surface area contributed by atoms with Gasteiger partial charge in [0.25, 0.3) is 11.6 Å². The van der Waals surface area contributed by atoms with E-state index >= 15 is 0 Å². The number of rotatable bonds is 5. The van der Waals surface area contributed by atoms with Gasteiger partial charge in [-0.15, -0.1) is 0 Å². The second kappa shape index (κ2) is 7.56. The van der Waals surface area contributed by atoms with Gasteiger partial charge in [0, 0.05) is 17.3 Å². The first kappa shape index (κ1) is 19.4. The van der Waals surface area contributed by atoms with Gasteiger partial charge in [0.2, 0.25) is 0 Å². The van der Waals surface area contributed by atoms with Crippen LogP contribution in [-0.2, 0) is 10.2 Å². The molecule has 0 aliphatic carbocycles. The highest BCUT2D eigenvalue weighted by Gasteiger charge is 2.20. The first-order chi connectivity index (χ1) is 12.1. The van der Waals surface area contributed by atoms with Crippen LogP contribution in [0.4, 0.5) is 11.4 Å². The van der Waals surface area contributed by atoms with Crippen molar-refractivity contribution in [3.63, 3.8) is 0 Å². The molecule has 6 heteroatoms. The first-order valence-corrected chi connectivity index (χ1v) is 8.37. The maximum absolute atomic E-state index is 12.2. The molecule has 1 N–H and O–H groups in total. The minimum Gasteiger partial charge on any atom is -0.483 e. The summed E-state index contributed by atoms with van der Waals surface area (Å²) in [4.78, 5) is 22.7. The molecule has 6 nitrogen and oxygen atoms in total. The van der Waals surface area contributed by atoms with E-state index in [9.17, 15) is 14.9 Å². The highest BCUT2D eigenvalue weighted by atomic mass is 16.6. The molecule has 0 heterocycles. The van der Waals surface area contributed by atoms with Gasteiger partial charge in [-0.3, -0.25) is 14.9 Å². The fraction of sp³-hybridized carbons (Fsp3) is 0.350. The number of carbonyl (C=O) groups excluding carboxylic acids is 1. The van der Waals surface area contributed by atoms with E-state index in [0.29, 0.717) is 17.0 Å². The fourth-order valence-electron chi connectivity index (χ4n) is 2.59. The summed E-state index contributed by atoms with van der Waals surface area (Å²) in [6, 6.07) is 10.5. The second-order valence-corrected chi connectivity index (χ2v) is 7.34. The molecule has 138 valence electrons. The van der Waals surface area contributed by atoms with Crippen molar-refractivity contribution < 1.29 is 14.5 Å². The monoisotopic (exact) mass is 356 g/mol. The maximum Gasteiger partial charge on any atom is 0.274 e. The number of benzene rings is 2. The van der Waals surface area contributed by atoms with Crippen LogP contribution in [0.25, 0.3) is 0 Å². The lowest BCUT2D eigenvalue weighted by Crippen LogP contribution is -2.22. The Bertz CT molecular complexity index is 838. The van der Waals surface area contributed by atoms with Crippen molar-refractivity contribution in [1.29, 1.82) is 0 Å². The number of nitrogens with one attached hydrogen (secondary N) is 1. The third-order valence-corrected chi connectivity index (χ3v) is 3.99. The lowest BCUT2D eigenvalue weighted by Gasteiger charge is -2.23. The van der Waals surface area contributed by atoms with Gasteiger partial charge in [-0.05, 0) is 42.5 Å². The summed E-state index contributed by atoms with van der Waals surface area (Å²) < 4.78 is 5.73. The molecule has 2 rings (SSSR count). The molecule has 0 atom stereocenters. The van der Waals surface area contributed by atoms with Crippen LogP contribution in [0.15, 0.2) is 36.4 Å². The number of hydrogen-bond donors (Lipinski definition) is 1. The van der Waals surface area contributed by atoms with Gasteiger partial charge in [0.1, 0.15) is 5.75 Å². The Morgan fingerprint density at radius 2 is 1.85 bits per heavy atom. The van der Waals surface area contributed by atoms with Gasteiger partial charge in [-0.1, -0.05) is 39.0 Å². The van der Waals surface area contributed by atoms with Crippen molar-refractivity contribution in [3.8, 4) is 5.75 Å². The highest BCUT2D eigenvalue weighted by Crippen LogP contribution is 2.32. The zero-order valence-corrected chi connectivity index (χ0v) is 15.8. The molecular weight excluding hydrogens is 332 g/mol. The average Bonchev–Trinajstić information content (AvgIpc) is 2.53. The molecule has 0 spiro atoms. The van der Waals surface area contributed by atoms with Crippen LogP contribution >= 0.6 is 0 Å². The van der Waals surface area contributed by atoms with Crippen molar-refractivity contribution in [2.45, 2.75) is 40.0 Å². The van der Waals surface area contributed by atoms with E-state index in [1.807, 2.05) is 25.1 Å². The SMILES string of the molecule is Cc1ccc(C(C)(C)C)c(OCC(=O)Nc2ccc(C)c([N+](=O)[O-])c2)c1. The van der Waals surface area contributed by atoms with Crippen LogP contribution in [0.5, 0.6) is 5.75 Å². The summed E-state index contributed by atoms with van der Waals surface area (Å²) in [5.41, 5.74) is 2.83. The number of carbonyl (C=O) groups is 1. The normalized spacial score (nSPS) is 11.1. The van der Waals surface area contributed by atoms with Crippen LogP contribution in [0, 0.1) is 24.0 Å². The lowest BCUT2D eigenvalue weighted by molar-refractivity contribution is -0.385. The van der Waals surface area contributed by atoms with E-state index in [4.69, 9.17) is 4.74 Å². The van der Waals surface area contributed by atoms with Gasteiger partial charge < -0.3 is 10.1 Å². The summed E-state index contributed by atoms with van der Waals surface area (Å²) >= 11 is 0. The minimum absolute atomic E-state index is 0.0302. The van der Waals surface area contributed by atoms with Crippen molar-refractivity contribution >= 4 is 17.3 Å². The van der Waals surface area contributed by atoms with Gasteiger partial charge >= 0.3 is 0 Å². The predicted octanol–water partition coefficient (Wildman–Crippen LogP) is 4.53. The summed E-state index contributed by atoms with van der Waals surface area (Å²) in [5.74, 6) is 0.298. The third-order valence-electron chi connectivity index (χ3n) is 3.99. The van der Waals surface area contributed by atoms with Crippen LogP contribution in [0.1, 0.15) is 37.5 Å². The van der Waals surface area contributed by atoms with Gasteiger partial charge in [-0.25, -0.2) is 0 Å². The van der Waals surface area contributed by atoms with Crippen LogP contribution in [0.3, 0.4) is 0 Å². The summed E-state index contributed by atoms with van der Waals surface area (Å²) in [6.45, 7) is 9.68. The molecule has 26 heavy (non-hydrogen) atoms. The number of ether oxygens (including phenoxy) is 1. The zero-order valence-electron chi connectivity index (χ0n) is 15.8. The van der Waals surface area contributed by atoms with Crippen molar-refractivity contribution in [3.05, 3.63) is 63.2 Å². The van der Waals surface area contributed by atoms with Gasteiger partial charge in [0.15, 0.2) is 6.61 Å². The molecule has 0 fully saturated rings. The topological polar surface area (TPSA) is 81.5 Å². The Labute approximate surface area is 153 Å². The number of nitro groups is 1. The number of nitrogens with zero attached hydrogens (tertiary/aromatic N) is 1. The number of aryl methyl sites for hydroxylation is 2. The average molecular weight is 356 g/mol. The minimum atomic E-state index is -0.468. The summed E-state index contributed by atoms with van der Waals surface area (Å²) in [6.07, 6.45) is 0. The lowest BCUT2D eigenvalue weighted by atomic mass is 9.86. The number of amides is 1. The van der Waals surface area contributed by atoms with E-state index in [1.54, 1.807) is 19.1 Å². The zero-order chi connectivity index (χ0) is 19.5. The fourth-order valence-corrected chi connectivity index (χ4v) is 2.59. The Balaban J connectivity index is 2.10. The molecule has 2 aromatic rings. The molecule has 0 bridgehead atoms. The first-order valence-electron chi connectivity index (χ1n) is 8.37. The van der Waals surface area contributed by atoms with Crippen molar-refractivity contribution in [2.75, 3.05) is 11.9 Å². The largest absolute Gasteiger partial charge is 0.483 e. The molecule has 0 radical (unpaired) electrons. The van der Waals surface area contributed by atoms with Crippen LogP contribution in [-0.4, -0.2) is 17.4 Å². The summed E-state index contributed by atoms with van der Waals surface area (Å²) in [7, 11) is 0. The van der Waals surface area contributed by atoms with E-state index in [1.165, 1.54) is 6.07 Å². The van der Waals surface area contributed by atoms with Gasteiger partial charge in [-0.2, -0.15) is 0 Å².